The second-order valence-electron chi connectivity index (χ2n) is 33.9. The van der Waals surface area contributed by atoms with Gasteiger partial charge in [0.1, 0.15) is 12.2 Å². The van der Waals surface area contributed by atoms with Gasteiger partial charge in [-0.05, 0) is 163 Å². The van der Waals surface area contributed by atoms with Crippen LogP contribution in [0.2, 0.25) is 0 Å². The van der Waals surface area contributed by atoms with Gasteiger partial charge in [0.25, 0.3) is 11.8 Å². The number of Topliss-reactive ketones (excluding diaryl/α,β-unsaturated/α-hetero) is 2. The van der Waals surface area contributed by atoms with Gasteiger partial charge in [0.15, 0.2) is 22.8 Å². The lowest BCUT2D eigenvalue weighted by atomic mass is 9.82. The lowest BCUT2D eigenvalue weighted by Crippen LogP contribution is -2.48. The Morgan fingerprint density at radius 2 is 0.893 bits per heavy atom. The van der Waals surface area contributed by atoms with Crippen LogP contribution in [-0.4, -0.2) is 169 Å². The number of nitrogens with one attached hydrogen (secondary N) is 2. The number of nitrogens with zero attached hydrogens (tertiary/aromatic N) is 4. The molecule has 8 aliphatic rings. The third-order valence-corrected chi connectivity index (χ3v) is 27.9. The van der Waals surface area contributed by atoms with Gasteiger partial charge in [-0.25, -0.2) is 34.4 Å². The predicted molar refractivity (Wildman–Crippen MR) is 407 cm³/mol. The largest absolute Gasteiger partial charge is 0.481 e. The van der Waals surface area contributed by atoms with E-state index in [2.05, 4.69) is 19.4 Å². The maximum atomic E-state index is 14.9. The van der Waals surface area contributed by atoms with Crippen LogP contribution in [0.15, 0.2) is 85.0 Å². The number of hydrogen-bond donors (Lipinski definition) is 2. The summed E-state index contributed by atoms with van der Waals surface area (Å²) in [7, 11) is -4.86. The van der Waals surface area contributed by atoms with Gasteiger partial charge in [0.2, 0.25) is 67.2 Å². The molecular formula is C82H106F4N6O18S2. The number of halogens is 4. The number of rotatable bonds is 20. The lowest BCUT2D eigenvalue weighted by Gasteiger charge is -2.34. The number of carbonyl (C=O) groups excluding carboxylic acids is 8. The van der Waals surface area contributed by atoms with Gasteiger partial charge in [-0.1, -0.05) is 88.4 Å². The molecule has 2 saturated heterocycles. The first-order valence-electron chi connectivity index (χ1n) is 39.0. The fraction of sp³-hybridized carbons (Fsp3) is 0.634. The molecule has 2 aromatic heterocycles. The van der Waals surface area contributed by atoms with E-state index in [1.165, 1.54) is 24.0 Å². The van der Waals surface area contributed by atoms with Crippen molar-refractivity contribution in [3.05, 3.63) is 85.0 Å². The Hall–Kier alpha value is -8.28. The third-order valence-electron chi connectivity index (χ3n) is 24.3. The summed E-state index contributed by atoms with van der Waals surface area (Å²) >= 11 is 0. The summed E-state index contributed by atoms with van der Waals surface area (Å²) in [6.07, 6.45) is 10.7. The van der Waals surface area contributed by atoms with Crippen molar-refractivity contribution >= 4 is 88.7 Å². The van der Waals surface area contributed by atoms with Gasteiger partial charge >= 0.3 is 11.9 Å². The Bertz CT molecular complexity index is 4280. The normalized spacial score (nSPS) is 29.7. The zero-order chi connectivity index (χ0) is 81.6. The monoisotopic (exact) mass is 1600 g/mol. The van der Waals surface area contributed by atoms with E-state index in [-0.39, 0.29) is 87.0 Å². The summed E-state index contributed by atoms with van der Waals surface area (Å²) in [6.45, 7) is 13.3. The maximum absolute atomic E-state index is 14.9. The number of esters is 2. The van der Waals surface area contributed by atoms with Crippen molar-refractivity contribution in [3.63, 3.8) is 0 Å². The van der Waals surface area contributed by atoms with Gasteiger partial charge in [-0.2, -0.15) is 9.97 Å². The molecule has 112 heavy (non-hydrogen) atoms. The van der Waals surface area contributed by atoms with Crippen LogP contribution in [-0.2, 0) is 67.9 Å². The highest BCUT2D eigenvalue weighted by Gasteiger charge is 2.64. The lowest BCUT2D eigenvalue weighted by molar-refractivity contribution is -0.197. The summed E-state index contributed by atoms with van der Waals surface area (Å²) in [4.78, 5) is 125. The van der Waals surface area contributed by atoms with E-state index < -0.39 is 172 Å². The molecule has 4 saturated carbocycles. The molecule has 2 aromatic carbocycles. The topological polar surface area (TPSA) is 317 Å². The molecule has 2 N–H and O–H groups in total. The zero-order valence-corrected chi connectivity index (χ0v) is 67.4. The van der Waals surface area contributed by atoms with Crippen LogP contribution in [0, 0.1) is 58.2 Å². The number of allylic oxidation sites excluding steroid dienone is 4. The van der Waals surface area contributed by atoms with Crippen LogP contribution in [0.25, 0.3) is 21.5 Å². The van der Waals surface area contributed by atoms with Crippen LogP contribution in [0.5, 0.6) is 23.5 Å². The molecule has 14 atom stereocenters. The van der Waals surface area contributed by atoms with Crippen molar-refractivity contribution in [2.24, 2.45) is 58.2 Å². The van der Waals surface area contributed by atoms with Gasteiger partial charge < -0.3 is 38.2 Å². The number of ketones is 2. The minimum atomic E-state index is -3.91. The Kier molecular flexibility index (Phi) is 24.9. The molecule has 0 spiro atoms. The van der Waals surface area contributed by atoms with Crippen LogP contribution >= 0.6 is 0 Å². The second-order valence-corrected chi connectivity index (χ2v) is 37.9. The second kappa shape index (κ2) is 32.9. The Morgan fingerprint density at radius 1 is 0.536 bits per heavy atom. The summed E-state index contributed by atoms with van der Waals surface area (Å²) in [6, 6.07) is 16.0. The standard InChI is InChI=1S/2C41H53F2N3O9S/c2*1-24-11-7-9-13-27-21-41(27,38(50)45-56(51,52)29-15-16-29)22-33(47)32-19-28(54-36-30-14-10-8-12-26(30)18-34(44-36)53-6)23-46(32)37(49)31(25(2)17-24)20-35(48)55-39(3,4)40(5,42)43/h2*8-10,12-14,18,24-25,27-29,31-32H,7,11,15-17,19-23H2,1-6H3,(H,45,50)/b2*13-9-/t24-,25+,27+,28+,31-,32-,41+;24-,25-,27-,28-,31+,32+,41-/m01/s1. The highest BCUT2D eigenvalue weighted by atomic mass is 32.2. The first-order valence-corrected chi connectivity index (χ1v) is 42.1. The highest BCUT2D eigenvalue weighted by Crippen LogP contribution is 2.59. The first kappa shape index (κ1) is 84.6. The summed E-state index contributed by atoms with van der Waals surface area (Å²) in [5.74, 6) is -14.6. The van der Waals surface area contributed by atoms with E-state index >= 15 is 0 Å². The number of alkyl halides is 4. The molecule has 4 aliphatic heterocycles. The SMILES string of the molecule is COc1cc2ccccc2c(O[C@@H]2C[C@H]3C(=O)C[C@]4(C(=O)NS(=O)(=O)C5CC5)C[C@H]4/C=C\CC[C@@H](C)C[C@@H](C)[C@H](CC(=O)OC(C)(C)C(C)(F)F)C(=O)N3C2)n1.COc1cc2ccccc2c(O[C@@H]2C[C@H]3C(=O)C[C@]4(C(=O)NS(=O)(=O)C5CC5)C[C@H]4/C=C\CC[C@H](C)C[C@@H](C)[C@H](CC(=O)OC(C)(C)C(C)(F)F)C(=O)N3C2)n1. The molecule has 12 rings (SSSR count). The number of carbonyl (C=O) groups is 8. The Morgan fingerprint density at radius 3 is 1.23 bits per heavy atom. The average Bonchev–Trinajstić information content (AvgIpc) is 1.57. The minimum absolute atomic E-state index is 0.0212. The molecule has 24 nitrogen and oxygen atoms in total. The smallest absolute Gasteiger partial charge is 0.307 e. The van der Waals surface area contributed by atoms with Crippen LogP contribution in [0.1, 0.15) is 185 Å². The first-order chi connectivity index (χ1) is 52.5. The molecule has 0 unspecified atom stereocenters. The van der Waals surface area contributed by atoms with E-state index in [0.29, 0.717) is 101 Å². The number of methoxy groups -OCH3 is 2. The van der Waals surface area contributed by atoms with Crippen molar-refractivity contribution in [2.45, 2.75) is 243 Å². The van der Waals surface area contributed by atoms with E-state index in [1.807, 2.05) is 101 Å². The van der Waals surface area contributed by atoms with Gasteiger partial charge in [-0.15, -0.1) is 0 Å². The fourth-order valence-electron chi connectivity index (χ4n) is 16.2. The minimum Gasteiger partial charge on any atom is -0.481 e. The van der Waals surface area contributed by atoms with Gasteiger partial charge in [-0.3, -0.25) is 47.8 Å². The Balaban J connectivity index is 0.000000221. The van der Waals surface area contributed by atoms with Crippen LogP contribution in [0.3, 0.4) is 0 Å². The quantitative estimate of drug-likeness (QED) is 0.0472. The molecular weight excluding hydrogens is 1500 g/mol. The number of amides is 4. The van der Waals surface area contributed by atoms with Crippen LogP contribution in [0.4, 0.5) is 17.6 Å². The number of hydrogen-bond acceptors (Lipinski definition) is 20. The molecule has 4 aliphatic carbocycles. The number of ether oxygens (including phenoxy) is 6. The van der Waals surface area contributed by atoms with E-state index in [9.17, 15) is 72.8 Å². The van der Waals surface area contributed by atoms with Crippen molar-refractivity contribution in [2.75, 3.05) is 27.3 Å². The van der Waals surface area contributed by atoms with E-state index in [1.54, 1.807) is 12.1 Å². The maximum Gasteiger partial charge on any atom is 0.307 e. The van der Waals surface area contributed by atoms with E-state index in [0.717, 1.165) is 38.5 Å². The van der Waals surface area contributed by atoms with Crippen LogP contribution < -0.4 is 28.4 Å². The van der Waals surface area contributed by atoms with Gasteiger partial charge in [0, 0.05) is 62.4 Å². The molecule has 0 radical (unpaired) electrons. The molecule has 6 fully saturated rings. The van der Waals surface area contributed by atoms with Crippen molar-refractivity contribution < 1.29 is 101 Å². The molecule has 0 bridgehead atoms. The highest BCUT2D eigenvalue weighted by molar-refractivity contribution is 7.91. The number of benzene rings is 2. The molecule has 612 valence electrons. The molecule has 4 aromatic rings. The molecule has 4 amide bonds. The number of pyridine rings is 2. The van der Waals surface area contributed by atoms with Gasteiger partial charge in [0.05, 0.1) is 85.4 Å². The fourth-order valence-corrected chi connectivity index (χ4v) is 18.9. The Labute approximate surface area is 652 Å². The van der Waals surface area contributed by atoms with Crippen molar-refractivity contribution in [1.82, 2.24) is 29.2 Å². The predicted octanol–water partition coefficient (Wildman–Crippen LogP) is 12.3. The number of aromatic nitrogens is 2. The third kappa shape index (κ3) is 19.2. The number of fused-ring (bicyclic) bond motifs is 6. The van der Waals surface area contributed by atoms with Crippen molar-refractivity contribution in [3.8, 4) is 23.5 Å². The molecule has 30 heteroatoms. The van der Waals surface area contributed by atoms with Crippen molar-refractivity contribution in [1.29, 1.82) is 0 Å². The summed E-state index contributed by atoms with van der Waals surface area (Å²) < 4.78 is 148. The number of sulfonamides is 2. The summed E-state index contributed by atoms with van der Waals surface area (Å²) in [5.41, 5.74) is -6.94. The van der Waals surface area contributed by atoms with E-state index in [4.69, 9.17) is 28.4 Å². The zero-order valence-electron chi connectivity index (χ0n) is 65.8. The summed E-state index contributed by atoms with van der Waals surface area (Å²) in [5, 5.41) is 1.65. The molecule has 6 heterocycles. The average molecular weight is 1600 g/mol.